The lowest BCUT2D eigenvalue weighted by atomic mass is 9.71. The molecule has 0 aliphatic carbocycles. The van der Waals surface area contributed by atoms with Crippen LogP contribution in [0.1, 0.15) is 42.6 Å². The average Bonchev–Trinajstić information content (AvgIpc) is 2.91. The van der Waals surface area contributed by atoms with Gasteiger partial charge in [0.25, 0.3) is 0 Å². The standard InChI is InChI=1S/C17H23NO3/c1-17(2)11-18(15(17)14-7-4-8-21-14)10-12-5-3-6-13(9-12)16(19)20/h3,5-6,9,14-15H,4,7-8,10-11H2,1-2H3,(H,19,20). The highest BCUT2D eigenvalue weighted by molar-refractivity contribution is 5.87. The van der Waals surface area contributed by atoms with Crippen LogP contribution in [0.25, 0.3) is 0 Å². The summed E-state index contributed by atoms with van der Waals surface area (Å²) in [5, 5.41) is 9.09. The lowest BCUT2D eigenvalue weighted by Crippen LogP contribution is -2.65. The van der Waals surface area contributed by atoms with Gasteiger partial charge < -0.3 is 9.84 Å². The van der Waals surface area contributed by atoms with Gasteiger partial charge in [0, 0.05) is 25.7 Å². The largest absolute Gasteiger partial charge is 0.478 e. The Morgan fingerprint density at radius 3 is 2.90 bits per heavy atom. The highest BCUT2D eigenvalue weighted by atomic mass is 16.5. The van der Waals surface area contributed by atoms with Crippen LogP contribution in [0.3, 0.4) is 0 Å². The number of hydrogen-bond acceptors (Lipinski definition) is 3. The van der Waals surface area contributed by atoms with Crippen molar-refractivity contribution in [1.82, 2.24) is 4.90 Å². The second kappa shape index (κ2) is 5.43. The molecule has 0 amide bonds. The zero-order valence-electron chi connectivity index (χ0n) is 12.7. The van der Waals surface area contributed by atoms with Gasteiger partial charge in [0.1, 0.15) is 0 Å². The number of carboxylic acid groups (broad SMARTS) is 1. The molecule has 2 atom stereocenters. The highest BCUT2D eigenvalue weighted by Gasteiger charge is 2.50. The van der Waals surface area contributed by atoms with Crippen LogP contribution >= 0.6 is 0 Å². The predicted molar refractivity (Wildman–Crippen MR) is 80.4 cm³/mol. The molecular formula is C17H23NO3. The zero-order chi connectivity index (χ0) is 15.0. The molecule has 0 spiro atoms. The van der Waals surface area contributed by atoms with Crippen LogP contribution < -0.4 is 0 Å². The lowest BCUT2D eigenvalue weighted by molar-refractivity contribution is -0.122. The molecule has 2 unspecified atom stereocenters. The third kappa shape index (κ3) is 2.83. The fraction of sp³-hybridized carbons (Fsp3) is 0.588. The molecule has 0 aromatic heterocycles. The molecule has 114 valence electrons. The number of carboxylic acids is 1. The van der Waals surface area contributed by atoms with Gasteiger partial charge in [-0.3, -0.25) is 4.90 Å². The molecule has 0 bridgehead atoms. The van der Waals surface area contributed by atoms with Crippen LogP contribution in [0.4, 0.5) is 0 Å². The molecule has 2 aliphatic rings. The maximum atomic E-state index is 11.1. The van der Waals surface area contributed by atoms with Crippen molar-refractivity contribution < 1.29 is 14.6 Å². The second-order valence-corrected chi connectivity index (χ2v) is 6.90. The zero-order valence-corrected chi connectivity index (χ0v) is 12.7. The Kier molecular flexibility index (Phi) is 3.76. The number of carbonyl (C=O) groups is 1. The number of ether oxygens (including phenoxy) is 1. The first-order chi connectivity index (χ1) is 9.97. The van der Waals surface area contributed by atoms with Crippen molar-refractivity contribution in [1.29, 1.82) is 0 Å². The summed E-state index contributed by atoms with van der Waals surface area (Å²) < 4.78 is 5.89. The average molecular weight is 289 g/mol. The molecule has 3 rings (SSSR count). The number of nitrogens with zero attached hydrogens (tertiary/aromatic N) is 1. The maximum absolute atomic E-state index is 11.1. The van der Waals surface area contributed by atoms with Gasteiger partial charge in [0.15, 0.2) is 0 Å². The van der Waals surface area contributed by atoms with Gasteiger partial charge in [0.05, 0.1) is 11.7 Å². The Labute approximate surface area is 125 Å². The third-order valence-corrected chi connectivity index (χ3v) is 4.68. The van der Waals surface area contributed by atoms with Crippen molar-refractivity contribution in [2.24, 2.45) is 5.41 Å². The molecular weight excluding hydrogens is 266 g/mol. The Hall–Kier alpha value is -1.39. The smallest absolute Gasteiger partial charge is 0.335 e. The topological polar surface area (TPSA) is 49.8 Å². The van der Waals surface area contributed by atoms with E-state index in [1.54, 1.807) is 12.1 Å². The first-order valence-corrected chi connectivity index (χ1v) is 7.65. The van der Waals surface area contributed by atoms with E-state index in [4.69, 9.17) is 9.84 Å². The minimum atomic E-state index is -0.864. The summed E-state index contributed by atoms with van der Waals surface area (Å²) in [6, 6.07) is 7.69. The lowest BCUT2D eigenvalue weighted by Gasteiger charge is -2.56. The van der Waals surface area contributed by atoms with Crippen molar-refractivity contribution in [3.8, 4) is 0 Å². The van der Waals surface area contributed by atoms with Crippen molar-refractivity contribution in [2.75, 3.05) is 13.2 Å². The first-order valence-electron chi connectivity index (χ1n) is 7.65. The van der Waals surface area contributed by atoms with E-state index in [0.29, 0.717) is 17.7 Å². The molecule has 0 radical (unpaired) electrons. The summed E-state index contributed by atoms with van der Waals surface area (Å²) in [6.07, 6.45) is 2.62. The summed E-state index contributed by atoms with van der Waals surface area (Å²) in [5.41, 5.74) is 1.70. The van der Waals surface area contributed by atoms with E-state index < -0.39 is 5.97 Å². The molecule has 2 saturated heterocycles. The van der Waals surface area contributed by atoms with Crippen LogP contribution in [0.5, 0.6) is 0 Å². The molecule has 2 aliphatic heterocycles. The molecule has 1 N–H and O–H groups in total. The van der Waals surface area contributed by atoms with Gasteiger partial charge >= 0.3 is 5.97 Å². The van der Waals surface area contributed by atoms with Crippen molar-refractivity contribution in [3.05, 3.63) is 35.4 Å². The van der Waals surface area contributed by atoms with E-state index >= 15 is 0 Å². The van der Waals surface area contributed by atoms with Gasteiger partial charge in [0.2, 0.25) is 0 Å². The molecule has 4 heteroatoms. The number of aromatic carboxylic acids is 1. The molecule has 2 fully saturated rings. The Balaban J connectivity index is 1.72. The van der Waals surface area contributed by atoms with Crippen molar-refractivity contribution in [2.45, 2.75) is 45.4 Å². The van der Waals surface area contributed by atoms with E-state index in [-0.39, 0.29) is 5.41 Å². The highest BCUT2D eigenvalue weighted by Crippen LogP contribution is 2.43. The number of hydrogen-bond donors (Lipinski definition) is 1. The fourth-order valence-corrected chi connectivity index (χ4v) is 3.88. The predicted octanol–water partition coefficient (Wildman–Crippen LogP) is 2.77. The fourth-order valence-electron chi connectivity index (χ4n) is 3.88. The summed E-state index contributed by atoms with van der Waals surface area (Å²) in [4.78, 5) is 13.5. The van der Waals surface area contributed by atoms with Gasteiger partial charge in [-0.2, -0.15) is 0 Å². The monoisotopic (exact) mass is 289 g/mol. The van der Waals surface area contributed by atoms with Gasteiger partial charge in [-0.1, -0.05) is 26.0 Å². The minimum absolute atomic E-state index is 0.277. The quantitative estimate of drug-likeness (QED) is 0.926. The normalized spacial score (nSPS) is 28.3. The Bertz CT molecular complexity index is 535. The van der Waals surface area contributed by atoms with Gasteiger partial charge in [-0.05, 0) is 36.0 Å². The number of likely N-dealkylation sites (tertiary alicyclic amines) is 1. The van der Waals surface area contributed by atoms with Gasteiger partial charge in [-0.15, -0.1) is 0 Å². The molecule has 0 saturated carbocycles. The van der Waals surface area contributed by atoms with Crippen LogP contribution in [-0.2, 0) is 11.3 Å². The number of benzene rings is 1. The summed E-state index contributed by atoms with van der Waals surface area (Å²) in [7, 11) is 0. The van der Waals surface area contributed by atoms with Crippen LogP contribution in [0, 0.1) is 5.41 Å². The Morgan fingerprint density at radius 2 is 2.29 bits per heavy atom. The van der Waals surface area contributed by atoms with Crippen molar-refractivity contribution in [3.63, 3.8) is 0 Å². The Morgan fingerprint density at radius 1 is 1.48 bits per heavy atom. The number of rotatable bonds is 4. The maximum Gasteiger partial charge on any atom is 0.335 e. The summed E-state index contributed by atoms with van der Waals surface area (Å²) in [5.74, 6) is -0.864. The minimum Gasteiger partial charge on any atom is -0.478 e. The van der Waals surface area contributed by atoms with Crippen LogP contribution in [0.15, 0.2) is 24.3 Å². The molecule has 1 aromatic carbocycles. The van der Waals surface area contributed by atoms with Crippen LogP contribution in [0.2, 0.25) is 0 Å². The molecule has 21 heavy (non-hydrogen) atoms. The van der Waals surface area contributed by atoms with E-state index in [1.807, 2.05) is 12.1 Å². The molecule has 4 nitrogen and oxygen atoms in total. The van der Waals surface area contributed by atoms with Crippen LogP contribution in [-0.4, -0.2) is 41.3 Å². The third-order valence-electron chi connectivity index (χ3n) is 4.68. The molecule has 1 aromatic rings. The second-order valence-electron chi connectivity index (χ2n) is 6.90. The SMILES string of the molecule is CC1(C)CN(Cc2cccc(C(=O)O)c2)C1C1CCCO1. The van der Waals surface area contributed by atoms with E-state index in [2.05, 4.69) is 18.7 Å². The summed E-state index contributed by atoms with van der Waals surface area (Å²) >= 11 is 0. The molecule has 2 heterocycles. The van der Waals surface area contributed by atoms with E-state index in [0.717, 1.165) is 38.1 Å². The van der Waals surface area contributed by atoms with Crippen molar-refractivity contribution >= 4 is 5.97 Å². The van der Waals surface area contributed by atoms with Gasteiger partial charge in [-0.25, -0.2) is 4.79 Å². The first kappa shape index (κ1) is 14.5. The van der Waals surface area contributed by atoms with E-state index in [1.165, 1.54) is 0 Å². The van der Waals surface area contributed by atoms with E-state index in [9.17, 15) is 4.79 Å². The summed E-state index contributed by atoms with van der Waals surface area (Å²) in [6.45, 7) is 7.30.